The van der Waals surface area contributed by atoms with E-state index in [-0.39, 0.29) is 11.4 Å². The van der Waals surface area contributed by atoms with Gasteiger partial charge in [-0.3, -0.25) is 9.69 Å². The van der Waals surface area contributed by atoms with Crippen molar-refractivity contribution in [2.45, 2.75) is 26.3 Å². The summed E-state index contributed by atoms with van der Waals surface area (Å²) in [6, 6.07) is 7.49. The highest BCUT2D eigenvalue weighted by atomic mass is 16.6. The Labute approximate surface area is 124 Å². The van der Waals surface area contributed by atoms with E-state index in [1.54, 1.807) is 12.0 Å². The normalized spacial score (nSPS) is 18.9. The molecule has 2 rings (SSSR count). The number of rotatable bonds is 3. The fraction of sp³-hybridized carbons (Fsp3) is 0.375. The molecule has 0 atom stereocenters. The number of amides is 1. The molecular weight excluding hydrogens is 268 g/mol. The number of likely N-dealkylation sites (tertiary alicyclic amines) is 1. The van der Waals surface area contributed by atoms with Crippen LogP contribution in [0.25, 0.3) is 6.08 Å². The van der Waals surface area contributed by atoms with E-state index in [0.717, 1.165) is 11.3 Å². The van der Waals surface area contributed by atoms with Crippen LogP contribution in [0.2, 0.25) is 0 Å². The first-order valence-corrected chi connectivity index (χ1v) is 6.70. The number of β-lactam (4-membered cyclic amide) rings is 1. The van der Waals surface area contributed by atoms with Gasteiger partial charge in [0.15, 0.2) is 5.84 Å². The van der Waals surface area contributed by atoms with Crippen LogP contribution in [0.3, 0.4) is 0 Å². The van der Waals surface area contributed by atoms with Gasteiger partial charge in [0.05, 0.1) is 12.7 Å². The van der Waals surface area contributed by atoms with Gasteiger partial charge in [-0.15, -0.1) is 0 Å². The maximum absolute atomic E-state index is 12.3. The molecule has 21 heavy (non-hydrogen) atoms. The molecule has 1 amide bonds. The number of oxime groups is 1. The second kappa shape index (κ2) is 5.60. The van der Waals surface area contributed by atoms with Crippen molar-refractivity contribution in [2.24, 2.45) is 5.16 Å². The van der Waals surface area contributed by atoms with Crippen LogP contribution in [0, 0.1) is 0 Å². The molecule has 5 nitrogen and oxygen atoms in total. The number of carbonyl (C=O) groups is 1. The Morgan fingerprint density at radius 3 is 2.24 bits per heavy atom. The average Bonchev–Trinajstić information content (AvgIpc) is 2.43. The monoisotopic (exact) mass is 288 g/mol. The zero-order valence-electron chi connectivity index (χ0n) is 13.0. The number of methoxy groups -OCH3 is 1. The zero-order valence-corrected chi connectivity index (χ0v) is 13.0. The molecule has 0 radical (unpaired) electrons. The van der Waals surface area contributed by atoms with Gasteiger partial charge in [-0.25, -0.2) is 0 Å². The number of hydrogen-bond acceptors (Lipinski definition) is 4. The van der Waals surface area contributed by atoms with Gasteiger partial charge in [0.1, 0.15) is 12.9 Å². The third-order valence-electron chi connectivity index (χ3n) is 3.16. The average molecular weight is 288 g/mol. The highest BCUT2D eigenvalue weighted by Gasteiger charge is 2.45. The number of carbonyl (C=O) groups excluding carboxylic acids is 1. The molecule has 0 spiro atoms. The van der Waals surface area contributed by atoms with E-state index < -0.39 is 0 Å². The molecule has 1 aromatic carbocycles. The smallest absolute Gasteiger partial charge is 0.263 e. The van der Waals surface area contributed by atoms with Crippen LogP contribution in [-0.2, 0) is 9.63 Å². The Bertz CT molecular complexity index is 595. The maximum Gasteiger partial charge on any atom is 0.263 e. The highest BCUT2D eigenvalue weighted by Crippen LogP contribution is 2.31. The number of amidine groups is 1. The highest BCUT2D eigenvalue weighted by molar-refractivity contribution is 6.38. The minimum absolute atomic E-state index is 0.0471. The number of benzene rings is 1. The summed E-state index contributed by atoms with van der Waals surface area (Å²) in [6.45, 7) is 5.88. The van der Waals surface area contributed by atoms with Crippen molar-refractivity contribution in [3.8, 4) is 5.75 Å². The van der Waals surface area contributed by atoms with Gasteiger partial charge in [0.25, 0.3) is 5.91 Å². The number of hydrogen-bond donors (Lipinski definition) is 0. The molecule has 1 aromatic rings. The van der Waals surface area contributed by atoms with Crippen molar-refractivity contribution in [1.29, 1.82) is 0 Å². The first-order chi connectivity index (χ1) is 9.88. The SMILES string of the molecule is CON=C1C(=Cc2ccc(OC)cc2)C(=O)N1C(C)(C)C. The van der Waals surface area contributed by atoms with Gasteiger partial charge in [-0.2, -0.15) is 0 Å². The summed E-state index contributed by atoms with van der Waals surface area (Å²) in [7, 11) is 3.09. The molecular formula is C16H20N2O3. The summed E-state index contributed by atoms with van der Waals surface area (Å²) in [5, 5.41) is 3.97. The summed E-state index contributed by atoms with van der Waals surface area (Å²) < 4.78 is 5.12. The second-order valence-corrected chi connectivity index (χ2v) is 5.74. The standard InChI is InChI=1S/C16H20N2O3/c1-16(2,3)18-14(17-21-5)13(15(18)19)10-11-6-8-12(20-4)9-7-11/h6-10H,1-5H3. The molecule has 0 aliphatic carbocycles. The summed E-state index contributed by atoms with van der Waals surface area (Å²) in [6.07, 6.45) is 1.81. The fourth-order valence-electron chi connectivity index (χ4n) is 2.17. The molecule has 0 N–H and O–H groups in total. The first-order valence-electron chi connectivity index (χ1n) is 6.70. The van der Waals surface area contributed by atoms with E-state index in [9.17, 15) is 4.79 Å². The topological polar surface area (TPSA) is 51.1 Å². The largest absolute Gasteiger partial charge is 0.497 e. The first kappa shape index (κ1) is 15.1. The summed E-state index contributed by atoms with van der Waals surface area (Å²) in [4.78, 5) is 18.8. The number of ether oxygens (including phenoxy) is 1. The molecule has 0 aromatic heterocycles. The molecule has 1 aliphatic heterocycles. The second-order valence-electron chi connectivity index (χ2n) is 5.74. The van der Waals surface area contributed by atoms with Crippen LogP contribution in [0.15, 0.2) is 35.0 Å². The Morgan fingerprint density at radius 1 is 1.14 bits per heavy atom. The Hall–Kier alpha value is -2.30. The van der Waals surface area contributed by atoms with E-state index in [0.29, 0.717) is 11.4 Å². The van der Waals surface area contributed by atoms with Gasteiger partial charge < -0.3 is 9.57 Å². The maximum atomic E-state index is 12.3. The van der Waals surface area contributed by atoms with Crippen LogP contribution in [0.4, 0.5) is 0 Å². The predicted molar refractivity (Wildman–Crippen MR) is 82.0 cm³/mol. The molecule has 1 fully saturated rings. The molecule has 0 saturated carbocycles. The van der Waals surface area contributed by atoms with Crippen molar-refractivity contribution in [3.05, 3.63) is 35.4 Å². The molecule has 1 aliphatic rings. The Morgan fingerprint density at radius 2 is 1.76 bits per heavy atom. The van der Waals surface area contributed by atoms with Gasteiger partial charge >= 0.3 is 0 Å². The quantitative estimate of drug-likeness (QED) is 0.488. The van der Waals surface area contributed by atoms with E-state index in [1.807, 2.05) is 51.1 Å². The van der Waals surface area contributed by atoms with Gasteiger partial charge in [-0.1, -0.05) is 17.3 Å². The van der Waals surface area contributed by atoms with E-state index in [2.05, 4.69) is 5.16 Å². The summed E-state index contributed by atoms with van der Waals surface area (Å²) >= 11 is 0. The fourth-order valence-corrected chi connectivity index (χ4v) is 2.17. The molecule has 0 bridgehead atoms. The van der Waals surface area contributed by atoms with Gasteiger partial charge in [-0.05, 0) is 44.5 Å². The lowest BCUT2D eigenvalue weighted by Gasteiger charge is -2.43. The van der Waals surface area contributed by atoms with Crippen molar-refractivity contribution in [2.75, 3.05) is 14.2 Å². The third-order valence-corrected chi connectivity index (χ3v) is 3.16. The van der Waals surface area contributed by atoms with Crippen LogP contribution in [0.5, 0.6) is 5.75 Å². The lowest BCUT2D eigenvalue weighted by molar-refractivity contribution is -0.129. The van der Waals surface area contributed by atoms with Crippen molar-refractivity contribution in [1.82, 2.24) is 4.90 Å². The van der Waals surface area contributed by atoms with Crippen LogP contribution in [-0.4, -0.2) is 36.4 Å². The summed E-state index contributed by atoms with van der Waals surface area (Å²) in [5.74, 6) is 1.29. The molecule has 112 valence electrons. The molecule has 1 heterocycles. The van der Waals surface area contributed by atoms with Crippen LogP contribution < -0.4 is 4.74 Å². The van der Waals surface area contributed by atoms with Gasteiger partial charge in [0.2, 0.25) is 0 Å². The van der Waals surface area contributed by atoms with Crippen LogP contribution in [0.1, 0.15) is 26.3 Å². The third kappa shape index (κ3) is 2.91. The van der Waals surface area contributed by atoms with E-state index >= 15 is 0 Å². The Kier molecular flexibility index (Phi) is 4.02. The minimum Gasteiger partial charge on any atom is -0.497 e. The van der Waals surface area contributed by atoms with Crippen molar-refractivity contribution in [3.63, 3.8) is 0 Å². The van der Waals surface area contributed by atoms with Crippen LogP contribution >= 0.6 is 0 Å². The van der Waals surface area contributed by atoms with Gasteiger partial charge in [0, 0.05) is 5.54 Å². The lowest BCUT2D eigenvalue weighted by atomic mass is 9.93. The molecule has 0 unspecified atom stereocenters. The minimum atomic E-state index is -0.328. The van der Waals surface area contributed by atoms with E-state index in [1.165, 1.54) is 7.11 Å². The van der Waals surface area contributed by atoms with E-state index in [4.69, 9.17) is 9.57 Å². The van der Waals surface area contributed by atoms with Crippen molar-refractivity contribution >= 4 is 17.8 Å². The summed E-state index contributed by atoms with van der Waals surface area (Å²) in [5.41, 5.74) is 1.14. The lowest BCUT2D eigenvalue weighted by Crippen LogP contribution is -2.60. The Balaban J connectivity index is 2.32. The predicted octanol–water partition coefficient (Wildman–Crippen LogP) is 2.68. The zero-order chi connectivity index (χ0) is 15.6. The van der Waals surface area contributed by atoms with Crippen molar-refractivity contribution < 1.29 is 14.4 Å². The number of nitrogens with zero attached hydrogens (tertiary/aromatic N) is 2. The molecule has 1 saturated heterocycles. The molecule has 5 heteroatoms.